The molecular weight excluding hydrogens is 358 g/mol. The van der Waals surface area contributed by atoms with Gasteiger partial charge >= 0.3 is 0 Å². The lowest BCUT2D eigenvalue weighted by atomic mass is 9.95. The van der Waals surface area contributed by atoms with E-state index in [0.29, 0.717) is 26.2 Å². The van der Waals surface area contributed by atoms with E-state index in [0.717, 1.165) is 29.8 Å². The Labute approximate surface area is 164 Å². The molecule has 0 atom stereocenters. The molecule has 1 saturated heterocycles. The average Bonchev–Trinajstić information content (AvgIpc) is 3.34. The second kappa shape index (κ2) is 7.50. The van der Waals surface area contributed by atoms with Crippen molar-refractivity contribution in [3.8, 4) is 5.00 Å². The summed E-state index contributed by atoms with van der Waals surface area (Å²) < 4.78 is 2.08. The highest BCUT2D eigenvalue weighted by atomic mass is 32.1. The van der Waals surface area contributed by atoms with E-state index in [4.69, 9.17) is 0 Å². The maximum Gasteiger partial charge on any atom is 0.257 e. The van der Waals surface area contributed by atoms with Gasteiger partial charge in [0.1, 0.15) is 5.00 Å². The third kappa shape index (κ3) is 3.43. The van der Waals surface area contributed by atoms with Gasteiger partial charge in [-0.15, -0.1) is 11.3 Å². The van der Waals surface area contributed by atoms with Crippen molar-refractivity contribution in [2.45, 2.75) is 39.5 Å². The number of carbonyl (C=O) groups excluding carboxylic acids is 2. The van der Waals surface area contributed by atoms with Crippen LogP contribution in [-0.4, -0.2) is 52.4 Å². The van der Waals surface area contributed by atoms with Crippen molar-refractivity contribution in [1.29, 1.82) is 0 Å². The van der Waals surface area contributed by atoms with Crippen LogP contribution in [0.1, 0.15) is 47.5 Å². The lowest BCUT2D eigenvalue weighted by molar-refractivity contribution is -0.135. The fraction of sp³-hybridized carbons (Fsp3) is 0.524. The first-order chi connectivity index (χ1) is 13.1. The second-order valence-electron chi connectivity index (χ2n) is 7.75. The number of aromatic nitrogens is 1. The summed E-state index contributed by atoms with van der Waals surface area (Å²) in [5.41, 5.74) is 2.16. The third-order valence-electron chi connectivity index (χ3n) is 5.58. The average molecular weight is 386 g/mol. The highest BCUT2D eigenvalue weighted by Crippen LogP contribution is 2.37. The Bertz CT molecular complexity index is 830. The van der Waals surface area contributed by atoms with Gasteiger partial charge in [0.15, 0.2) is 0 Å². The first kappa shape index (κ1) is 18.3. The number of hydrogen-bond donors (Lipinski definition) is 0. The van der Waals surface area contributed by atoms with E-state index in [-0.39, 0.29) is 17.7 Å². The predicted octanol–water partition coefficient (Wildman–Crippen LogP) is 3.36. The number of aryl methyl sites for hydroxylation is 1. The van der Waals surface area contributed by atoms with Crippen molar-refractivity contribution in [3.63, 3.8) is 0 Å². The summed E-state index contributed by atoms with van der Waals surface area (Å²) in [6, 6.07) is 4.01. The number of hydrogen-bond acceptors (Lipinski definition) is 3. The van der Waals surface area contributed by atoms with Gasteiger partial charge in [-0.05, 0) is 43.4 Å². The molecule has 0 spiro atoms. The van der Waals surface area contributed by atoms with E-state index in [2.05, 4.69) is 4.57 Å². The number of thiophene rings is 1. The van der Waals surface area contributed by atoms with Crippen molar-refractivity contribution in [2.75, 3.05) is 26.2 Å². The molecular formula is C21H27N3O2S. The molecule has 2 amide bonds. The highest BCUT2D eigenvalue weighted by Gasteiger charge is 2.31. The smallest absolute Gasteiger partial charge is 0.257 e. The molecule has 144 valence electrons. The quantitative estimate of drug-likeness (QED) is 0.813. The van der Waals surface area contributed by atoms with E-state index < -0.39 is 0 Å². The van der Waals surface area contributed by atoms with E-state index in [1.54, 1.807) is 11.3 Å². The number of carbonyl (C=O) groups is 2. The van der Waals surface area contributed by atoms with Crippen LogP contribution in [0.5, 0.6) is 0 Å². The molecule has 1 aliphatic carbocycles. The predicted molar refractivity (Wildman–Crippen MR) is 108 cm³/mol. The summed E-state index contributed by atoms with van der Waals surface area (Å²) in [7, 11) is 0. The highest BCUT2D eigenvalue weighted by molar-refractivity contribution is 7.15. The maximum absolute atomic E-state index is 13.5. The third-order valence-corrected chi connectivity index (χ3v) is 6.88. The minimum Gasteiger partial charge on any atom is -0.339 e. The molecule has 0 radical (unpaired) electrons. The topological polar surface area (TPSA) is 45.6 Å². The van der Waals surface area contributed by atoms with E-state index in [9.17, 15) is 9.59 Å². The van der Waals surface area contributed by atoms with Crippen molar-refractivity contribution in [2.24, 2.45) is 5.92 Å². The van der Waals surface area contributed by atoms with E-state index in [1.807, 2.05) is 48.2 Å². The number of amides is 2. The minimum atomic E-state index is 0.0106. The zero-order chi connectivity index (χ0) is 19.0. The molecule has 4 rings (SSSR count). The fourth-order valence-corrected chi connectivity index (χ4v) is 5.42. The van der Waals surface area contributed by atoms with Gasteiger partial charge in [-0.1, -0.05) is 13.8 Å². The number of nitrogens with zero attached hydrogens (tertiary/aromatic N) is 3. The monoisotopic (exact) mass is 385 g/mol. The van der Waals surface area contributed by atoms with Gasteiger partial charge < -0.3 is 14.4 Å². The Morgan fingerprint density at radius 1 is 0.963 bits per heavy atom. The molecule has 2 aromatic heterocycles. The Kier molecular flexibility index (Phi) is 5.08. The molecule has 6 heteroatoms. The Morgan fingerprint density at radius 2 is 1.59 bits per heavy atom. The molecule has 2 aromatic rings. The molecule has 1 fully saturated rings. The molecule has 0 saturated carbocycles. The Hall–Kier alpha value is -2.08. The van der Waals surface area contributed by atoms with Gasteiger partial charge in [-0.2, -0.15) is 0 Å². The molecule has 0 aromatic carbocycles. The summed E-state index contributed by atoms with van der Waals surface area (Å²) in [5, 5.41) is 1.05. The van der Waals surface area contributed by atoms with Crippen LogP contribution in [0.15, 0.2) is 24.5 Å². The molecule has 2 aliphatic rings. The number of piperazine rings is 1. The minimum absolute atomic E-state index is 0.0106. The van der Waals surface area contributed by atoms with Crippen LogP contribution in [0.3, 0.4) is 0 Å². The van der Waals surface area contributed by atoms with Gasteiger partial charge in [-0.3, -0.25) is 9.59 Å². The lowest BCUT2D eigenvalue weighted by Gasteiger charge is -2.36. The van der Waals surface area contributed by atoms with Crippen molar-refractivity contribution < 1.29 is 9.59 Å². The van der Waals surface area contributed by atoms with Gasteiger partial charge in [0.2, 0.25) is 5.91 Å². The van der Waals surface area contributed by atoms with Crippen LogP contribution in [0.2, 0.25) is 0 Å². The first-order valence-corrected chi connectivity index (χ1v) is 10.7. The normalized spacial score (nSPS) is 17.3. The van der Waals surface area contributed by atoms with Crippen LogP contribution >= 0.6 is 11.3 Å². The Balaban J connectivity index is 1.59. The van der Waals surface area contributed by atoms with Crippen LogP contribution < -0.4 is 0 Å². The summed E-state index contributed by atoms with van der Waals surface area (Å²) in [5.74, 6) is 0.328. The number of fused-ring (bicyclic) bond motifs is 1. The van der Waals surface area contributed by atoms with Gasteiger partial charge in [0.25, 0.3) is 5.91 Å². The fourth-order valence-electron chi connectivity index (χ4n) is 4.08. The first-order valence-electron chi connectivity index (χ1n) is 9.92. The second-order valence-corrected chi connectivity index (χ2v) is 8.84. The van der Waals surface area contributed by atoms with Crippen LogP contribution in [0, 0.1) is 5.92 Å². The summed E-state index contributed by atoms with van der Waals surface area (Å²) in [6.07, 6.45) is 8.49. The van der Waals surface area contributed by atoms with E-state index >= 15 is 0 Å². The Morgan fingerprint density at radius 3 is 2.26 bits per heavy atom. The zero-order valence-corrected chi connectivity index (χ0v) is 16.9. The molecule has 0 unspecified atom stereocenters. The molecule has 5 nitrogen and oxygen atoms in total. The molecule has 1 aliphatic heterocycles. The standard InChI is InChI=1S/C21H27N3O2S/c1-15(2)19(25)22-11-13-23(14-12-22)20(26)18-16-7-3-4-8-17(16)27-21(18)24-9-5-6-10-24/h5-6,9-10,15H,3-4,7-8,11-14H2,1-2H3. The van der Waals surface area contributed by atoms with Crippen LogP contribution in [0.25, 0.3) is 5.00 Å². The van der Waals surface area contributed by atoms with Crippen molar-refractivity contribution >= 4 is 23.2 Å². The summed E-state index contributed by atoms with van der Waals surface area (Å²) >= 11 is 1.77. The summed E-state index contributed by atoms with van der Waals surface area (Å²) in [4.78, 5) is 30.9. The molecule has 3 heterocycles. The largest absolute Gasteiger partial charge is 0.339 e. The van der Waals surface area contributed by atoms with E-state index in [1.165, 1.54) is 16.9 Å². The molecule has 27 heavy (non-hydrogen) atoms. The zero-order valence-electron chi connectivity index (χ0n) is 16.1. The van der Waals surface area contributed by atoms with Gasteiger partial charge in [0.05, 0.1) is 5.56 Å². The van der Waals surface area contributed by atoms with Gasteiger partial charge in [0, 0.05) is 49.4 Å². The SMILES string of the molecule is CC(C)C(=O)N1CCN(C(=O)c2c(-n3cccc3)sc3c2CCCC3)CC1. The lowest BCUT2D eigenvalue weighted by Crippen LogP contribution is -2.51. The van der Waals surface area contributed by atoms with Crippen LogP contribution in [-0.2, 0) is 17.6 Å². The van der Waals surface area contributed by atoms with Crippen molar-refractivity contribution in [3.05, 3.63) is 40.5 Å². The van der Waals surface area contributed by atoms with Crippen LogP contribution in [0.4, 0.5) is 0 Å². The maximum atomic E-state index is 13.5. The summed E-state index contributed by atoms with van der Waals surface area (Å²) in [6.45, 7) is 6.36. The van der Waals surface area contributed by atoms with Gasteiger partial charge in [-0.25, -0.2) is 0 Å². The molecule has 0 bridgehead atoms. The molecule has 0 N–H and O–H groups in total. The van der Waals surface area contributed by atoms with Crippen molar-refractivity contribution in [1.82, 2.24) is 14.4 Å². The number of rotatable bonds is 3.